The van der Waals surface area contributed by atoms with Gasteiger partial charge < -0.3 is 9.64 Å². The number of nitrogens with one attached hydrogen (secondary N) is 1. The third kappa shape index (κ3) is 5.26. The van der Waals surface area contributed by atoms with Gasteiger partial charge in [-0.1, -0.05) is 40.2 Å². The first-order valence-corrected chi connectivity index (χ1v) is 12.0. The van der Waals surface area contributed by atoms with Crippen LogP contribution in [0.25, 0.3) is 0 Å². The number of fused-ring (bicyclic) bond motifs is 1. The summed E-state index contributed by atoms with van der Waals surface area (Å²) in [6, 6.07) is 21.0. The smallest absolute Gasteiger partial charge is 0.261 e. The molecule has 31 heavy (non-hydrogen) atoms. The van der Waals surface area contributed by atoms with E-state index in [1.807, 2.05) is 18.2 Å². The maximum absolute atomic E-state index is 12.5. The summed E-state index contributed by atoms with van der Waals surface area (Å²) in [7, 11) is -3.72. The van der Waals surface area contributed by atoms with Crippen molar-refractivity contribution < 1.29 is 17.9 Å². The van der Waals surface area contributed by atoms with Crippen molar-refractivity contribution in [1.82, 2.24) is 4.90 Å². The molecule has 1 heterocycles. The van der Waals surface area contributed by atoms with Crippen LogP contribution in [0.3, 0.4) is 0 Å². The summed E-state index contributed by atoms with van der Waals surface area (Å²) in [5.41, 5.74) is 2.91. The lowest BCUT2D eigenvalue weighted by Gasteiger charge is -2.28. The second-order valence-electron chi connectivity index (χ2n) is 7.21. The molecule has 0 bridgehead atoms. The number of ether oxygens (including phenoxy) is 1. The number of amides is 1. The molecule has 8 heteroatoms. The molecule has 6 nitrogen and oxygen atoms in total. The number of sulfonamides is 1. The summed E-state index contributed by atoms with van der Waals surface area (Å²) in [4.78, 5) is 14.4. The van der Waals surface area contributed by atoms with Gasteiger partial charge in [0.05, 0.1) is 4.90 Å². The molecule has 3 aromatic rings. The molecular weight excluding hydrogens is 480 g/mol. The van der Waals surface area contributed by atoms with Crippen molar-refractivity contribution >= 4 is 37.5 Å². The Balaban J connectivity index is 1.34. The van der Waals surface area contributed by atoms with Gasteiger partial charge >= 0.3 is 0 Å². The molecule has 1 N–H and O–H groups in total. The van der Waals surface area contributed by atoms with E-state index >= 15 is 0 Å². The van der Waals surface area contributed by atoms with Gasteiger partial charge in [0.15, 0.2) is 6.61 Å². The second-order valence-corrected chi connectivity index (χ2v) is 9.80. The van der Waals surface area contributed by atoms with E-state index in [0.717, 1.165) is 16.5 Å². The van der Waals surface area contributed by atoms with Crippen molar-refractivity contribution in [2.45, 2.75) is 17.9 Å². The van der Waals surface area contributed by atoms with Crippen LogP contribution in [0.15, 0.2) is 82.2 Å². The zero-order valence-corrected chi connectivity index (χ0v) is 19.0. The lowest BCUT2D eigenvalue weighted by molar-refractivity contribution is -0.134. The van der Waals surface area contributed by atoms with E-state index in [1.165, 1.54) is 17.7 Å². The maximum atomic E-state index is 12.5. The average Bonchev–Trinajstić information content (AvgIpc) is 2.79. The van der Waals surface area contributed by atoms with Gasteiger partial charge in [-0.05, 0) is 66.1 Å². The maximum Gasteiger partial charge on any atom is 0.261 e. The number of halogens is 1. The molecule has 0 saturated carbocycles. The fraction of sp³-hybridized carbons (Fsp3) is 0.174. The number of hydrogen-bond acceptors (Lipinski definition) is 4. The van der Waals surface area contributed by atoms with Gasteiger partial charge in [-0.15, -0.1) is 0 Å². The summed E-state index contributed by atoms with van der Waals surface area (Å²) < 4.78 is 34.1. The molecule has 0 saturated heterocycles. The summed E-state index contributed by atoms with van der Waals surface area (Å²) >= 11 is 3.32. The minimum atomic E-state index is -3.72. The van der Waals surface area contributed by atoms with Crippen LogP contribution in [-0.2, 0) is 27.8 Å². The molecule has 1 aliphatic rings. The van der Waals surface area contributed by atoms with Gasteiger partial charge in [-0.2, -0.15) is 0 Å². The topological polar surface area (TPSA) is 75.7 Å². The van der Waals surface area contributed by atoms with Gasteiger partial charge in [0.25, 0.3) is 15.9 Å². The predicted molar refractivity (Wildman–Crippen MR) is 122 cm³/mol. The third-order valence-corrected chi connectivity index (χ3v) is 7.00. The minimum absolute atomic E-state index is 0.0919. The zero-order valence-electron chi connectivity index (χ0n) is 16.6. The lowest BCUT2D eigenvalue weighted by Crippen LogP contribution is -2.38. The Hall–Kier alpha value is -2.84. The van der Waals surface area contributed by atoms with Crippen LogP contribution in [-0.4, -0.2) is 32.4 Å². The van der Waals surface area contributed by atoms with Crippen LogP contribution >= 0.6 is 15.9 Å². The molecule has 0 radical (unpaired) electrons. The molecule has 0 aromatic heterocycles. The van der Waals surface area contributed by atoms with Crippen LogP contribution in [0.2, 0.25) is 0 Å². The number of carbonyl (C=O) groups is 1. The number of hydrogen-bond donors (Lipinski definition) is 1. The van der Waals surface area contributed by atoms with E-state index < -0.39 is 10.0 Å². The van der Waals surface area contributed by atoms with Gasteiger partial charge in [0, 0.05) is 23.2 Å². The predicted octanol–water partition coefficient (Wildman–Crippen LogP) is 4.21. The molecule has 0 aliphatic carbocycles. The van der Waals surface area contributed by atoms with Crippen molar-refractivity contribution in [3.8, 4) is 5.75 Å². The van der Waals surface area contributed by atoms with E-state index in [4.69, 9.17) is 4.74 Å². The van der Waals surface area contributed by atoms with E-state index in [9.17, 15) is 13.2 Å². The van der Waals surface area contributed by atoms with Gasteiger partial charge in [0.1, 0.15) is 5.75 Å². The Morgan fingerprint density at radius 2 is 1.65 bits per heavy atom. The van der Waals surface area contributed by atoms with E-state index in [1.54, 1.807) is 41.3 Å². The van der Waals surface area contributed by atoms with Gasteiger partial charge in [0.2, 0.25) is 0 Å². The quantitative estimate of drug-likeness (QED) is 0.549. The van der Waals surface area contributed by atoms with Crippen molar-refractivity contribution in [1.29, 1.82) is 0 Å². The van der Waals surface area contributed by atoms with Crippen molar-refractivity contribution in [2.24, 2.45) is 0 Å². The Bertz CT molecular complexity index is 1180. The highest BCUT2D eigenvalue weighted by Gasteiger charge is 2.21. The van der Waals surface area contributed by atoms with Crippen molar-refractivity contribution in [3.63, 3.8) is 0 Å². The first kappa shape index (κ1) is 21.4. The number of anilines is 1. The standard InChI is InChI=1S/C23H21BrN2O4S/c24-19-5-7-20(8-6-19)25-31(28,29)22-11-9-21(10-12-22)30-16-23(27)26-14-13-17-3-1-2-4-18(17)15-26/h1-12,25H,13-16H2. The molecule has 0 spiro atoms. The second kappa shape index (κ2) is 9.11. The fourth-order valence-corrected chi connectivity index (χ4v) is 4.71. The third-order valence-electron chi connectivity index (χ3n) is 5.08. The number of carbonyl (C=O) groups excluding carboxylic acids is 1. The minimum Gasteiger partial charge on any atom is -0.484 e. The molecular formula is C23H21BrN2O4S. The van der Waals surface area contributed by atoms with Crippen molar-refractivity contribution in [2.75, 3.05) is 17.9 Å². The number of nitrogens with zero attached hydrogens (tertiary/aromatic N) is 1. The van der Waals surface area contributed by atoms with Crippen LogP contribution in [0, 0.1) is 0 Å². The SMILES string of the molecule is O=C(COc1ccc(S(=O)(=O)Nc2ccc(Br)cc2)cc1)N1CCc2ccccc2C1. The summed E-state index contributed by atoms with van der Waals surface area (Å²) in [5.74, 6) is 0.344. The highest BCUT2D eigenvalue weighted by molar-refractivity contribution is 9.10. The van der Waals surface area contributed by atoms with Crippen LogP contribution in [0.4, 0.5) is 5.69 Å². The van der Waals surface area contributed by atoms with Crippen LogP contribution < -0.4 is 9.46 Å². The molecule has 4 rings (SSSR count). The fourth-order valence-electron chi connectivity index (χ4n) is 3.39. The molecule has 1 amide bonds. The van der Waals surface area contributed by atoms with Gasteiger partial charge in [-0.3, -0.25) is 9.52 Å². The van der Waals surface area contributed by atoms with E-state index in [-0.39, 0.29) is 17.4 Å². The molecule has 1 aliphatic heterocycles. The lowest BCUT2D eigenvalue weighted by atomic mass is 10.00. The summed E-state index contributed by atoms with van der Waals surface area (Å²) in [6.07, 6.45) is 0.833. The summed E-state index contributed by atoms with van der Waals surface area (Å²) in [6.45, 7) is 1.15. The highest BCUT2D eigenvalue weighted by atomic mass is 79.9. The summed E-state index contributed by atoms with van der Waals surface area (Å²) in [5, 5.41) is 0. The first-order chi connectivity index (χ1) is 14.9. The zero-order chi connectivity index (χ0) is 21.8. The van der Waals surface area contributed by atoms with E-state index in [2.05, 4.69) is 26.7 Å². The Labute approximate surface area is 190 Å². The average molecular weight is 501 g/mol. The Kier molecular flexibility index (Phi) is 6.29. The number of rotatable bonds is 6. The molecule has 0 atom stereocenters. The first-order valence-electron chi connectivity index (χ1n) is 9.76. The molecule has 0 fully saturated rings. The van der Waals surface area contributed by atoms with Crippen LogP contribution in [0.5, 0.6) is 5.75 Å². The molecule has 0 unspecified atom stereocenters. The normalized spacial score (nSPS) is 13.4. The largest absolute Gasteiger partial charge is 0.484 e. The van der Waals surface area contributed by atoms with Crippen molar-refractivity contribution in [3.05, 3.63) is 88.4 Å². The van der Waals surface area contributed by atoms with Gasteiger partial charge in [-0.25, -0.2) is 8.42 Å². The Morgan fingerprint density at radius 3 is 2.35 bits per heavy atom. The molecule has 160 valence electrons. The Morgan fingerprint density at radius 1 is 0.968 bits per heavy atom. The van der Waals surface area contributed by atoms with E-state index in [0.29, 0.717) is 24.5 Å². The highest BCUT2D eigenvalue weighted by Crippen LogP contribution is 2.22. The monoisotopic (exact) mass is 500 g/mol. The van der Waals surface area contributed by atoms with Crippen LogP contribution in [0.1, 0.15) is 11.1 Å². The number of benzene rings is 3. The molecule has 3 aromatic carbocycles.